The Morgan fingerprint density at radius 2 is 1.46 bits per heavy atom. The van der Waals surface area contributed by atoms with Gasteiger partial charge >= 0.3 is 11.9 Å². The molecule has 0 spiro atoms. The molecular weight excluding hydrogens is 356 g/mol. The number of hydrogen-bond donors (Lipinski definition) is 0. The Labute approximate surface area is 164 Å². The molecule has 0 N–H and O–H groups in total. The molecule has 0 aromatic heterocycles. The summed E-state index contributed by atoms with van der Waals surface area (Å²) in [7, 11) is 0. The van der Waals surface area contributed by atoms with Crippen molar-refractivity contribution in [2.75, 3.05) is 0 Å². The van der Waals surface area contributed by atoms with Crippen molar-refractivity contribution in [1.29, 1.82) is 0 Å². The Kier molecular flexibility index (Phi) is 6.93. The van der Waals surface area contributed by atoms with Crippen LogP contribution in [0.2, 0.25) is 0 Å². The first kappa shape index (κ1) is 20.7. The van der Waals surface area contributed by atoms with E-state index < -0.39 is 11.9 Å². The van der Waals surface area contributed by atoms with Gasteiger partial charge in [0.05, 0.1) is 0 Å². The van der Waals surface area contributed by atoms with E-state index in [0.29, 0.717) is 22.6 Å². The number of carbonyl (C=O) groups excluding carboxylic acids is 2. The van der Waals surface area contributed by atoms with Crippen LogP contribution in [0.3, 0.4) is 0 Å². The summed E-state index contributed by atoms with van der Waals surface area (Å²) in [5, 5.41) is 0. The molecule has 0 radical (unpaired) electrons. The SMILES string of the molecule is C=C(C)C(=O)O/C=C\Oc1ccc(-c2ccc(OC(=O)C(=C)C)cc2)cc1C. The second-order valence-electron chi connectivity index (χ2n) is 6.25. The van der Waals surface area contributed by atoms with Gasteiger partial charge in [-0.05, 0) is 61.7 Å². The van der Waals surface area contributed by atoms with Crippen molar-refractivity contribution in [3.05, 3.63) is 84.9 Å². The molecule has 2 aromatic carbocycles. The molecule has 0 fully saturated rings. The second kappa shape index (κ2) is 9.37. The monoisotopic (exact) mass is 378 g/mol. The lowest BCUT2D eigenvalue weighted by Crippen LogP contribution is -2.07. The van der Waals surface area contributed by atoms with Crippen LogP contribution in [0, 0.1) is 6.92 Å². The molecule has 0 aliphatic carbocycles. The van der Waals surface area contributed by atoms with Crippen molar-refractivity contribution < 1.29 is 23.8 Å². The number of rotatable bonds is 7. The summed E-state index contributed by atoms with van der Waals surface area (Å²) in [5.74, 6) is 0.137. The zero-order valence-electron chi connectivity index (χ0n) is 16.2. The molecule has 0 aliphatic heterocycles. The Balaban J connectivity index is 2.04. The van der Waals surface area contributed by atoms with Gasteiger partial charge < -0.3 is 14.2 Å². The molecule has 0 heterocycles. The molecule has 2 rings (SSSR count). The molecule has 2 aromatic rings. The van der Waals surface area contributed by atoms with Crippen LogP contribution in [0.1, 0.15) is 19.4 Å². The molecule has 0 bridgehead atoms. The van der Waals surface area contributed by atoms with E-state index in [1.54, 1.807) is 26.0 Å². The average molecular weight is 378 g/mol. The maximum atomic E-state index is 11.6. The van der Waals surface area contributed by atoms with Gasteiger partial charge in [0.25, 0.3) is 0 Å². The van der Waals surface area contributed by atoms with E-state index in [9.17, 15) is 9.59 Å². The predicted molar refractivity (Wildman–Crippen MR) is 108 cm³/mol. The van der Waals surface area contributed by atoms with Crippen LogP contribution in [0.15, 0.2) is 79.3 Å². The fraction of sp³-hybridized carbons (Fsp3) is 0.130. The molecule has 0 aliphatic rings. The van der Waals surface area contributed by atoms with E-state index in [4.69, 9.17) is 14.2 Å². The lowest BCUT2D eigenvalue weighted by molar-refractivity contribution is -0.133. The van der Waals surface area contributed by atoms with Crippen LogP contribution in [0.25, 0.3) is 11.1 Å². The van der Waals surface area contributed by atoms with E-state index in [1.165, 1.54) is 12.5 Å². The summed E-state index contributed by atoms with van der Waals surface area (Å²) in [6, 6.07) is 12.9. The molecule has 0 saturated carbocycles. The van der Waals surface area contributed by atoms with Crippen molar-refractivity contribution in [1.82, 2.24) is 0 Å². The molecule has 0 amide bonds. The van der Waals surface area contributed by atoms with Gasteiger partial charge in [0.15, 0.2) is 0 Å². The fourth-order valence-corrected chi connectivity index (χ4v) is 2.16. The molecular formula is C23H22O5. The van der Waals surface area contributed by atoms with Crippen molar-refractivity contribution in [2.24, 2.45) is 0 Å². The maximum Gasteiger partial charge on any atom is 0.338 e. The van der Waals surface area contributed by atoms with Crippen LogP contribution in [0.4, 0.5) is 0 Å². The van der Waals surface area contributed by atoms with Crippen molar-refractivity contribution in [3.8, 4) is 22.6 Å². The number of esters is 2. The fourth-order valence-electron chi connectivity index (χ4n) is 2.16. The van der Waals surface area contributed by atoms with Gasteiger partial charge in [0, 0.05) is 11.1 Å². The molecule has 28 heavy (non-hydrogen) atoms. The van der Waals surface area contributed by atoms with Crippen LogP contribution in [0.5, 0.6) is 11.5 Å². The molecule has 144 valence electrons. The van der Waals surface area contributed by atoms with E-state index in [2.05, 4.69) is 13.2 Å². The average Bonchev–Trinajstić information content (AvgIpc) is 2.66. The molecule has 0 atom stereocenters. The standard InChI is InChI=1S/C23H22O5/c1-15(2)22(24)27-13-12-26-21-11-8-19(14-17(21)5)18-6-9-20(10-7-18)28-23(25)16(3)4/h6-14H,1,3H2,2,4-5H3/b13-12-. The van der Waals surface area contributed by atoms with E-state index >= 15 is 0 Å². The van der Waals surface area contributed by atoms with Crippen molar-refractivity contribution in [2.45, 2.75) is 20.8 Å². The predicted octanol–water partition coefficient (Wildman–Crippen LogP) is 5.11. The first-order valence-corrected chi connectivity index (χ1v) is 8.55. The highest BCUT2D eigenvalue weighted by Gasteiger charge is 2.07. The Hall–Kier alpha value is -3.60. The summed E-state index contributed by atoms with van der Waals surface area (Å²) in [6.45, 7) is 12.1. The third-order valence-electron chi connectivity index (χ3n) is 3.70. The van der Waals surface area contributed by atoms with E-state index in [-0.39, 0.29) is 0 Å². The van der Waals surface area contributed by atoms with Gasteiger partial charge in [0.1, 0.15) is 24.0 Å². The minimum Gasteiger partial charge on any atom is -0.462 e. The number of ether oxygens (including phenoxy) is 3. The smallest absolute Gasteiger partial charge is 0.338 e. The first-order valence-electron chi connectivity index (χ1n) is 8.55. The van der Waals surface area contributed by atoms with Crippen molar-refractivity contribution in [3.63, 3.8) is 0 Å². The highest BCUT2D eigenvalue weighted by atomic mass is 16.5. The summed E-state index contributed by atoms with van der Waals surface area (Å²) < 4.78 is 15.5. The first-order chi connectivity index (χ1) is 13.3. The van der Waals surface area contributed by atoms with Gasteiger partial charge in [0.2, 0.25) is 0 Å². The summed E-state index contributed by atoms with van der Waals surface area (Å²) in [6.07, 6.45) is 2.48. The van der Waals surface area contributed by atoms with Crippen LogP contribution in [-0.2, 0) is 14.3 Å². The third-order valence-corrected chi connectivity index (χ3v) is 3.70. The molecule has 5 nitrogen and oxygen atoms in total. The Bertz CT molecular complexity index is 936. The molecule has 0 unspecified atom stereocenters. The number of hydrogen-bond acceptors (Lipinski definition) is 5. The second-order valence-corrected chi connectivity index (χ2v) is 6.25. The highest BCUT2D eigenvalue weighted by molar-refractivity contribution is 5.89. The Morgan fingerprint density at radius 3 is 2.04 bits per heavy atom. The summed E-state index contributed by atoms with van der Waals surface area (Å²) >= 11 is 0. The van der Waals surface area contributed by atoms with Gasteiger partial charge in [-0.2, -0.15) is 0 Å². The zero-order valence-corrected chi connectivity index (χ0v) is 16.2. The van der Waals surface area contributed by atoms with Crippen LogP contribution >= 0.6 is 0 Å². The third kappa shape index (κ3) is 5.71. The Morgan fingerprint density at radius 1 is 0.857 bits per heavy atom. The summed E-state index contributed by atoms with van der Waals surface area (Å²) in [5.41, 5.74) is 3.52. The minimum absolute atomic E-state index is 0.311. The van der Waals surface area contributed by atoms with Crippen LogP contribution in [-0.4, -0.2) is 11.9 Å². The van der Waals surface area contributed by atoms with Gasteiger partial charge in [-0.25, -0.2) is 9.59 Å². The summed E-state index contributed by atoms with van der Waals surface area (Å²) in [4.78, 5) is 22.8. The molecule has 5 heteroatoms. The number of benzene rings is 2. The largest absolute Gasteiger partial charge is 0.462 e. The number of aryl methyl sites for hydroxylation is 1. The van der Waals surface area contributed by atoms with Crippen LogP contribution < -0.4 is 9.47 Å². The van der Waals surface area contributed by atoms with Gasteiger partial charge in [-0.1, -0.05) is 31.4 Å². The lowest BCUT2D eigenvalue weighted by Gasteiger charge is -2.09. The number of carbonyl (C=O) groups is 2. The molecule has 0 saturated heterocycles. The minimum atomic E-state index is -0.510. The van der Waals surface area contributed by atoms with E-state index in [1.807, 2.05) is 37.3 Å². The van der Waals surface area contributed by atoms with Gasteiger partial charge in [-0.3, -0.25) is 0 Å². The van der Waals surface area contributed by atoms with Crippen molar-refractivity contribution >= 4 is 11.9 Å². The topological polar surface area (TPSA) is 61.8 Å². The zero-order chi connectivity index (χ0) is 20.7. The lowest BCUT2D eigenvalue weighted by atomic mass is 10.0. The highest BCUT2D eigenvalue weighted by Crippen LogP contribution is 2.28. The quantitative estimate of drug-likeness (QED) is 0.290. The maximum absolute atomic E-state index is 11.6. The van der Waals surface area contributed by atoms with E-state index in [0.717, 1.165) is 16.7 Å². The van der Waals surface area contributed by atoms with Gasteiger partial charge in [-0.15, -0.1) is 0 Å². The normalized spacial score (nSPS) is 10.4.